The van der Waals surface area contributed by atoms with Crippen molar-refractivity contribution in [1.29, 1.82) is 0 Å². The minimum Gasteiger partial charge on any atom is -0.422 e. The second kappa shape index (κ2) is 25.2. The van der Waals surface area contributed by atoms with Crippen LogP contribution in [0.3, 0.4) is 0 Å². The number of benzene rings is 1. The second-order valence-electron chi connectivity index (χ2n) is 16.8. The summed E-state index contributed by atoms with van der Waals surface area (Å²) < 4.78 is 94.9. The molecule has 32 heteroatoms. The molecule has 0 bridgehead atoms. The van der Waals surface area contributed by atoms with Crippen molar-refractivity contribution < 1.29 is 88.1 Å². The number of aliphatic hydroxyl groups excluding tert-OH is 2. The van der Waals surface area contributed by atoms with Crippen molar-refractivity contribution in [3.63, 3.8) is 0 Å². The Hall–Kier alpha value is -5.06. The fourth-order valence-electron chi connectivity index (χ4n) is 7.93. The molecule has 5 heterocycles. The molecule has 2 unspecified atom stereocenters. The molecule has 1 aromatic carbocycles. The van der Waals surface area contributed by atoms with Crippen LogP contribution in [0.25, 0.3) is 34.3 Å². The Balaban J connectivity index is 0.931. The second-order valence-corrected chi connectivity index (χ2v) is 22.7. The van der Waals surface area contributed by atoms with Crippen molar-refractivity contribution in [2.75, 3.05) is 48.7 Å². The van der Waals surface area contributed by atoms with Crippen LogP contribution in [0.5, 0.6) is 0 Å². The highest BCUT2D eigenvalue weighted by molar-refractivity contribution is 7.85. The number of phosphoric ester groups is 1. The lowest BCUT2D eigenvalue weighted by molar-refractivity contribution is -0.700. The average molecular weight is 1120 g/mol. The van der Waals surface area contributed by atoms with Crippen LogP contribution < -0.4 is 31.5 Å². The highest BCUT2D eigenvalue weighted by Gasteiger charge is 2.47. The van der Waals surface area contributed by atoms with Gasteiger partial charge in [0.1, 0.15) is 36.8 Å². The Morgan fingerprint density at radius 2 is 1.64 bits per heavy atom. The standard InChI is InChI=1S/C42H58N9O19P3S/c1-3-49(4-2)30-16-13-27-22-28(41(55)68-32(27)23-30)14-15-29-17-18-31(74(63,64)65)24-50(29)21-11-7-8-12-34(52)44-19-9-5-6-10-20-45-42-48-35-38(43)46-26-47-39(35)51(42)40-37(54)36(53)33(67-40)25-66-72(59,60)70-73(61,62)69-71(56,57)58/h13-18,22-24,26,33,36-37,40,53-54H,3-12,19-21,25H2,1-2H3,(H8-,43,44,45,46,47,48,52,56,57,58,59,60,61,62,63,64,65)/p+1/t33-,36-,37-,40-/m1/s1. The van der Waals surface area contributed by atoms with E-state index in [4.69, 9.17) is 24.7 Å². The summed E-state index contributed by atoms with van der Waals surface area (Å²) in [7, 11) is -21.5. The summed E-state index contributed by atoms with van der Waals surface area (Å²) >= 11 is 0. The molecule has 0 saturated carbocycles. The molecule has 1 saturated heterocycles. The van der Waals surface area contributed by atoms with Gasteiger partial charge in [-0.05, 0) is 69.9 Å². The number of rotatable bonds is 28. The largest absolute Gasteiger partial charge is 0.490 e. The van der Waals surface area contributed by atoms with E-state index in [1.807, 2.05) is 32.0 Å². The third-order valence-corrected chi connectivity index (χ3v) is 16.2. The van der Waals surface area contributed by atoms with Gasteiger partial charge < -0.3 is 60.2 Å². The van der Waals surface area contributed by atoms with E-state index in [2.05, 4.69) is 43.6 Å². The maximum atomic E-state index is 13.0. The molecule has 5 aromatic rings. The number of hydrogen-bond donors (Lipinski definition) is 10. The molecule has 1 amide bonds. The first-order chi connectivity index (χ1) is 34.9. The number of imidazole rings is 1. The van der Waals surface area contributed by atoms with Crippen molar-refractivity contribution in [2.24, 2.45) is 0 Å². The van der Waals surface area contributed by atoms with Gasteiger partial charge >= 0.3 is 29.1 Å². The van der Waals surface area contributed by atoms with Gasteiger partial charge in [0.05, 0.1) is 12.2 Å². The molecule has 1 aliphatic heterocycles. The predicted molar refractivity (Wildman–Crippen MR) is 265 cm³/mol. The van der Waals surface area contributed by atoms with E-state index in [1.54, 1.807) is 22.8 Å². The molecule has 11 N–H and O–H groups in total. The molecule has 28 nitrogen and oxygen atoms in total. The van der Waals surface area contributed by atoms with Crippen molar-refractivity contribution in [3.8, 4) is 0 Å². The van der Waals surface area contributed by atoms with Gasteiger partial charge in [0.15, 0.2) is 34.3 Å². The van der Waals surface area contributed by atoms with Crippen LogP contribution in [0.2, 0.25) is 0 Å². The van der Waals surface area contributed by atoms with Gasteiger partial charge in [0.2, 0.25) is 17.5 Å². The lowest BCUT2D eigenvalue weighted by Crippen LogP contribution is -2.37. The molecule has 0 aliphatic carbocycles. The van der Waals surface area contributed by atoms with Gasteiger partial charge in [0.25, 0.3) is 10.1 Å². The molecule has 0 spiro atoms. The minimum atomic E-state index is -5.82. The van der Waals surface area contributed by atoms with Gasteiger partial charge in [-0.25, -0.2) is 33.4 Å². The van der Waals surface area contributed by atoms with Crippen molar-refractivity contribution in [1.82, 2.24) is 24.8 Å². The number of nitrogens with one attached hydrogen (secondary N) is 2. The first-order valence-corrected chi connectivity index (χ1v) is 29.2. The number of hydrogen-bond acceptors (Lipinski definition) is 20. The Kier molecular flexibility index (Phi) is 19.8. The molecule has 74 heavy (non-hydrogen) atoms. The Bertz CT molecular complexity index is 3130. The average Bonchev–Trinajstić information content (AvgIpc) is 3.82. The number of aromatic nitrogens is 5. The molecule has 1 aliphatic rings. The first-order valence-electron chi connectivity index (χ1n) is 23.2. The summed E-state index contributed by atoms with van der Waals surface area (Å²) in [5.41, 5.74) is 7.92. The monoisotopic (exact) mass is 1120 g/mol. The summed E-state index contributed by atoms with van der Waals surface area (Å²) in [5, 5.41) is 28.5. The fraction of sp³-hybridized carbons (Fsp3) is 0.476. The summed E-state index contributed by atoms with van der Waals surface area (Å²) in [4.78, 5) is 76.7. The number of nitrogen functional groups attached to an aromatic ring is 1. The van der Waals surface area contributed by atoms with Gasteiger partial charge in [-0.1, -0.05) is 12.8 Å². The van der Waals surface area contributed by atoms with Crippen LogP contribution in [-0.2, 0) is 53.0 Å². The topological polar surface area (TPSA) is 412 Å². The molecule has 6 rings (SSSR count). The first kappa shape index (κ1) is 58.2. The normalized spacial score (nSPS) is 19.0. The number of aryl methyl sites for hydroxylation is 1. The third-order valence-electron chi connectivity index (χ3n) is 11.6. The maximum absolute atomic E-state index is 13.0. The number of anilines is 3. The van der Waals surface area contributed by atoms with Gasteiger partial charge in [-0.15, -0.1) is 0 Å². The third kappa shape index (κ3) is 16.0. The minimum absolute atomic E-state index is 0.0295. The highest BCUT2D eigenvalue weighted by Crippen LogP contribution is 2.66. The number of carbonyl (C=O) groups excluding carboxylic acids is 1. The Morgan fingerprint density at radius 1 is 0.919 bits per heavy atom. The van der Waals surface area contributed by atoms with E-state index in [9.17, 15) is 56.3 Å². The number of aliphatic hydroxyl groups is 2. The number of unbranched alkanes of at least 4 members (excludes halogenated alkanes) is 5. The highest BCUT2D eigenvalue weighted by atomic mass is 32.2. The number of amides is 1. The van der Waals surface area contributed by atoms with E-state index in [-0.39, 0.29) is 40.2 Å². The van der Waals surface area contributed by atoms with Gasteiger partial charge in [-0.3, -0.25) is 18.4 Å². The molecule has 0 radical (unpaired) electrons. The maximum Gasteiger partial charge on any atom is 0.490 e. The zero-order valence-corrected chi connectivity index (χ0v) is 43.5. The van der Waals surface area contributed by atoms with E-state index in [0.717, 1.165) is 43.3 Å². The van der Waals surface area contributed by atoms with E-state index in [0.29, 0.717) is 68.6 Å². The predicted octanol–water partition coefficient (Wildman–Crippen LogP) is 3.38. The lowest BCUT2D eigenvalue weighted by Gasteiger charge is -2.20. The Labute approximate surface area is 423 Å². The number of ether oxygens (including phenoxy) is 1. The van der Waals surface area contributed by atoms with Crippen molar-refractivity contribution >= 4 is 91.2 Å². The van der Waals surface area contributed by atoms with Gasteiger partial charge in [0, 0.05) is 68.3 Å². The van der Waals surface area contributed by atoms with Crippen LogP contribution in [-0.4, -0.2) is 119 Å². The molecule has 6 atom stereocenters. The number of phosphoric acid groups is 3. The molecule has 4 aromatic heterocycles. The summed E-state index contributed by atoms with van der Waals surface area (Å²) in [5.74, 6) is -0.0733. The molecule has 406 valence electrons. The van der Waals surface area contributed by atoms with E-state index >= 15 is 0 Å². The summed E-state index contributed by atoms with van der Waals surface area (Å²) in [6.07, 6.45) is 3.88. The summed E-state index contributed by atoms with van der Waals surface area (Å²) in [6, 6.07) is 10.2. The number of nitrogens with two attached hydrogens (primary N) is 1. The van der Waals surface area contributed by atoms with Crippen molar-refractivity contribution in [3.05, 3.63) is 70.6 Å². The number of pyridine rings is 1. The fourth-order valence-corrected chi connectivity index (χ4v) is 11.5. The Morgan fingerprint density at radius 3 is 2.34 bits per heavy atom. The van der Waals surface area contributed by atoms with Crippen LogP contribution in [0.4, 0.5) is 17.5 Å². The van der Waals surface area contributed by atoms with E-state index < -0.39 is 70.4 Å². The SMILES string of the molecule is CCN(CC)c1ccc2cc(/C=C/c3ccc(S(=O)(=O)O)c[n+]3CCCCCC(=O)NCCCCCCNc3nc4c(N)ncnc4n3[C@@H]3O[C@H](COP(=O)(O)OP(=O)(O)OP(=O)(O)O)[C@@H](O)[C@H]3O)c(=O)oc2c1. The number of nitrogens with zero attached hydrogens (tertiary/aromatic N) is 6. The molecule has 1 fully saturated rings. The quantitative estimate of drug-likeness (QED) is 0.0113. The van der Waals surface area contributed by atoms with Gasteiger partial charge in [-0.2, -0.15) is 21.6 Å². The zero-order chi connectivity index (χ0) is 54.0. The number of carbonyl (C=O) groups is 1. The smallest absolute Gasteiger partial charge is 0.422 e. The van der Waals surface area contributed by atoms with E-state index in [1.165, 1.54) is 22.9 Å². The van der Waals surface area contributed by atoms with Crippen LogP contribution in [0.1, 0.15) is 82.7 Å². The molecular weight excluding hydrogens is 1060 g/mol. The lowest BCUT2D eigenvalue weighted by atomic mass is 10.1. The van der Waals surface area contributed by atoms with Crippen molar-refractivity contribution in [2.45, 2.75) is 101 Å². The molecular formula is C42H59N9O19P3S+. The zero-order valence-electron chi connectivity index (χ0n) is 40.0. The summed E-state index contributed by atoms with van der Waals surface area (Å²) in [6.45, 7) is 5.75. The number of fused-ring (bicyclic) bond motifs is 2. The van der Waals surface area contributed by atoms with Crippen LogP contribution in [0, 0.1) is 0 Å². The van der Waals surface area contributed by atoms with Crippen LogP contribution in [0.15, 0.2) is 63.0 Å². The van der Waals surface area contributed by atoms with Crippen LogP contribution >= 0.6 is 23.5 Å².